The highest BCUT2D eigenvalue weighted by atomic mass is 19.3. The molecule has 0 aromatic carbocycles. The number of aromatic nitrogens is 2. The number of pyridine rings is 2. The number of rotatable bonds is 10. The molecule has 4 heterocycles. The zero-order chi connectivity index (χ0) is 24.1. The summed E-state index contributed by atoms with van der Waals surface area (Å²) >= 11 is 0. The molecule has 35 heavy (non-hydrogen) atoms. The third-order valence-electron chi connectivity index (χ3n) is 6.07. The first-order valence-electron chi connectivity index (χ1n) is 11.3. The van der Waals surface area contributed by atoms with E-state index >= 15 is 0 Å². The summed E-state index contributed by atoms with van der Waals surface area (Å²) in [6.45, 7) is -0.614. The summed E-state index contributed by atoms with van der Waals surface area (Å²) in [7, 11) is 0. The first-order chi connectivity index (χ1) is 16.4. The lowest BCUT2D eigenvalue weighted by molar-refractivity contribution is -0.139. The Morgan fingerprint density at radius 1 is 1.20 bits per heavy atom. The van der Waals surface area contributed by atoms with Gasteiger partial charge in [0.25, 0.3) is 0 Å². The van der Waals surface area contributed by atoms with Crippen LogP contribution in [0, 0.1) is 0 Å². The van der Waals surface area contributed by atoms with Crippen LogP contribution in [0.2, 0.25) is 0 Å². The van der Waals surface area contributed by atoms with Crippen molar-refractivity contribution in [1.82, 2.24) is 19.8 Å². The fourth-order valence-electron chi connectivity index (χ4n) is 4.27. The Kier molecular flexibility index (Phi) is 8.74. The number of ether oxygens (including phenoxy) is 1. The van der Waals surface area contributed by atoms with Gasteiger partial charge in [0, 0.05) is 50.7 Å². The SMILES string of the molecule is O.O=C(O)C(CN1CCN(CCCc2ccc3c(n2)NCCC3)C1=O)c1ccc(OC(F)F)nc1. The highest BCUT2D eigenvalue weighted by molar-refractivity contribution is 5.80. The first-order valence-corrected chi connectivity index (χ1v) is 11.3. The number of anilines is 1. The lowest BCUT2D eigenvalue weighted by atomic mass is 10.0. The van der Waals surface area contributed by atoms with E-state index in [0.29, 0.717) is 25.2 Å². The summed E-state index contributed by atoms with van der Waals surface area (Å²) in [6, 6.07) is 6.51. The molecule has 12 heteroatoms. The molecule has 1 saturated heterocycles. The molecular formula is C23H29F2N5O5. The Balaban J connectivity index is 0.00000342. The fourth-order valence-corrected chi connectivity index (χ4v) is 4.27. The highest BCUT2D eigenvalue weighted by Crippen LogP contribution is 2.23. The summed E-state index contributed by atoms with van der Waals surface area (Å²) in [4.78, 5) is 36.3. The second-order valence-corrected chi connectivity index (χ2v) is 8.36. The Morgan fingerprint density at radius 2 is 2.00 bits per heavy atom. The van der Waals surface area contributed by atoms with E-state index < -0.39 is 18.5 Å². The normalized spacial score (nSPS) is 15.9. The molecule has 4 N–H and O–H groups in total. The smallest absolute Gasteiger partial charge is 0.388 e. The average Bonchev–Trinajstić information content (AvgIpc) is 3.16. The molecule has 2 aromatic heterocycles. The monoisotopic (exact) mass is 493 g/mol. The molecule has 2 aliphatic heterocycles. The number of amides is 2. The molecule has 0 aliphatic carbocycles. The van der Waals surface area contributed by atoms with Crippen molar-refractivity contribution in [2.24, 2.45) is 0 Å². The quantitative estimate of drug-likeness (QED) is 0.517. The zero-order valence-corrected chi connectivity index (χ0v) is 19.1. The van der Waals surface area contributed by atoms with E-state index in [-0.39, 0.29) is 23.9 Å². The molecule has 2 aliphatic rings. The lowest BCUT2D eigenvalue weighted by Gasteiger charge is -2.22. The Labute approximate surface area is 201 Å². The molecule has 1 unspecified atom stereocenters. The van der Waals surface area contributed by atoms with Gasteiger partial charge in [0.1, 0.15) is 11.7 Å². The van der Waals surface area contributed by atoms with Gasteiger partial charge in [0.15, 0.2) is 0 Å². The Morgan fingerprint density at radius 3 is 2.71 bits per heavy atom. The summed E-state index contributed by atoms with van der Waals surface area (Å²) in [5.41, 5.74) is 2.53. The van der Waals surface area contributed by atoms with Gasteiger partial charge in [0.2, 0.25) is 5.88 Å². The number of aliphatic carboxylic acids is 1. The van der Waals surface area contributed by atoms with E-state index in [1.165, 1.54) is 28.8 Å². The summed E-state index contributed by atoms with van der Waals surface area (Å²) < 4.78 is 28.8. The van der Waals surface area contributed by atoms with Crippen molar-refractivity contribution in [1.29, 1.82) is 0 Å². The first kappa shape index (κ1) is 26.1. The van der Waals surface area contributed by atoms with Gasteiger partial charge in [0.05, 0.1) is 0 Å². The van der Waals surface area contributed by atoms with Crippen LogP contribution >= 0.6 is 0 Å². The number of carboxylic acids is 1. The van der Waals surface area contributed by atoms with Gasteiger partial charge in [-0.05, 0) is 42.9 Å². The van der Waals surface area contributed by atoms with Crippen LogP contribution in [-0.4, -0.2) is 81.7 Å². The van der Waals surface area contributed by atoms with Crippen molar-refractivity contribution in [2.45, 2.75) is 38.2 Å². The van der Waals surface area contributed by atoms with Crippen molar-refractivity contribution in [2.75, 3.05) is 38.0 Å². The largest absolute Gasteiger partial charge is 0.481 e. The van der Waals surface area contributed by atoms with Crippen molar-refractivity contribution >= 4 is 17.8 Å². The van der Waals surface area contributed by atoms with Gasteiger partial charge in [-0.25, -0.2) is 14.8 Å². The number of nitrogens with one attached hydrogen (secondary N) is 1. The molecule has 0 radical (unpaired) electrons. The molecular weight excluding hydrogens is 464 g/mol. The summed E-state index contributed by atoms with van der Waals surface area (Å²) in [5, 5.41) is 13.0. The zero-order valence-electron chi connectivity index (χ0n) is 19.1. The predicted octanol–water partition coefficient (Wildman–Crippen LogP) is 2.15. The summed E-state index contributed by atoms with van der Waals surface area (Å²) in [6.07, 6.45) is 4.84. The third-order valence-corrected chi connectivity index (χ3v) is 6.07. The van der Waals surface area contributed by atoms with Gasteiger partial charge < -0.3 is 30.4 Å². The number of carboxylic acid groups (broad SMARTS) is 1. The van der Waals surface area contributed by atoms with Crippen LogP contribution in [0.1, 0.15) is 35.6 Å². The second kappa shape index (κ2) is 11.7. The molecule has 2 amide bonds. The number of hydrogen-bond donors (Lipinski definition) is 2. The number of urea groups is 1. The Hall–Kier alpha value is -3.54. The van der Waals surface area contributed by atoms with Crippen molar-refractivity contribution in [3.63, 3.8) is 0 Å². The maximum atomic E-state index is 12.8. The minimum atomic E-state index is -3.01. The molecule has 0 spiro atoms. The van der Waals surface area contributed by atoms with E-state index in [9.17, 15) is 23.5 Å². The topological polar surface area (TPSA) is 139 Å². The predicted molar refractivity (Wildman–Crippen MR) is 123 cm³/mol. The number of carbonyl (C=O) groups excluding carboxylic acids is 1. The van der Waals surface area contributed by atoms with Crippen molar-refractivity contribution < 1.29 is 33.7 Å². The van der Waals surface area contributed by atoms with Gasteiger partial charge in [-0.2, -0.15) is 8.78 Å². The van der Waals surface area contributed by atoms with Gasteiger partial charge in [-0.15, -0.1) is 0 Å². The van der Waals surface area contributed by atoms with E-state index in [2.05, 4.69) is 26.1 Å². The third kappa shape index (κ3) is 6.53. The molecule has 1 fully saturated rings. The van der Waals surface area contributed by atoms with Crippen LogP contribution in [0.25, 0.3) is 0 Å². The van der Waals surface area contributed by atoms with Crippen molar-refractivity contribution in [3.8, 4) is 5.88 Å². The van der Waals surface area contributed by atoms with Gasteiger partial charge >= 0.3 is 18.6 Å². The molecule has 190 valence electrons. The van der Waals surface area contributed by atoms with Gasteiger partial charge in [-0.1, -0.05) is 12.1 Å². The number of fused-ring (bicyclic) bond motifs is 1. The minimum Gasteiger partial charge on any atom is -0.481 e. The molecule has 0 saturated carbocycles. The Bertz CT molecular complexity index is 1020. The number of aryl methyl sites for hydroxylation is 2. The van der Waals surface area contributed by atoms with Crippen LogP contribution in [-0.2, 0) is 17.6 Å². The maximum Gasteiger partial charge on any atom is 0.388 e. The van der Waals surface area contributed by atoms with Crippen LogP contribution in [0.3, 0.4) is 0 Å². The number of halogens is 2. The molecule has 2 aromatic rings. The van der Waals surface area contributed by atoms with Crippen molar-refractivity contribution in [3.05, 3.63) is 47.3 Å². The van der Waals surface area contributed by atoms with E-state index in [4.69, 9.17) is 0 Å². The second-order valence-electron chi connectivity index (χ2n) is 8.36. The lowest BCUT2D eigenvalue weighted by Crippen LogP contribution is -2.36. The van der Waals surface area contributed by atoms with Gasteiger partial charge in [-0.3, -0.25) is 4.79 Å². The summed E-state index contributed by atoms with van der Waals surface area (Å²) in [5.74, 6) is -1.49. The standard InChI is InChI=1S/C23H27F2N5O4.H2O/c24-22(25)34-19-8-6-16(13-27-19)18(21(31)32)14-30-12-11-29(23(30)33)10-2-4-17-7-5-15-3-1-9-26-20(15)28-17;/h5-8,13,18,22H,1-4,9-12,14H2,(H,26,28)(H,31,32);1H2. The number of carbonyl (C=O) groups is 2. The number of alkyl halides is 2. The fraction of sp³-hybridized carbons (Fsp3) is 0.478. The molecule has 0 bridgehead atoms. The van der Waals surface area contributed by atoms with Crippen LogP contribution in [0.4, 0.5) is 19.4 Å². The number of hydrogen-bond acceptors (Lipinski definition) is 6. The van der Waals surface area contributed by atoms with E-state index in [1.54, 1.807) is 4.90 Å². The maximum absolute atomic E-state index is 12.8. The highest BCUT2D eigenvalue weighted by Gasteiger charge is 2.32. The number of nitrogens with zero attached hydrogens (tertiary/aromatic N) is 4. The van der Waals surface area contributed by atoms with Crippen LogP contribution in [0.15, 0.2) is 30.5 Å². The van der Waals surface area contributed by atoms with Crippen LogP contribution in [0.5, 0.6) is 5.88 Å². The van der Waals surface area contributed by atoms with Crippen LogP contribution < -0.4 is 10.1 Å². The molecule has 1 atom stereocenters. The molecule has 10 nitrogen and oxygen atoms in total. The van der Waals surface area contributed by atoms with E-state index in [0.717, 1.165) is 43.7 Å². The average molecular weight is 494 g/mol. The van der Waals surface area contributed by atoms with E-state index in [1.807, 2.05) is 6.07 Å². The minimum absolute atomic E-state index is 0. The molecule has 4 rings (SSSR count).